The Hall–Kier alpha value is -1.15. The van der Waals surface area contributed by atoms with Crippen molar-refractivity contribution in [1.82, 2.24) is 9.97 Å². The minimum absolute atomic E-state index is 0. The molecule has 0 bridgehead atoms. The number of aromatic nitrogens is 2. The molecular weight excluding hydrogens is 160 g/mol. The smallest absolute Gasteiger partial charge is 0.159 e. The quantitative estimate of drug-likeness (QED) is 0.599. The summed E-state index contributed by atoms with van der Waals surface area (Å²) in [7, 11) is 0. The molecule has 56 valence electrons. The summed E-state index contributed by atoms with van der Waals surface area (Å²) in [6, 6.07) is 7.80. The Bertz CT molecular complexity index is 283. The highest BCUT2D eigenvalue weighted by Gasteiger charge is 1.88. The van der Waals surface area contributed by atoms with Crippen LogP contribution in [0.3, 0.4) is 0 Å². The first-order valence-electron chi connectivity index (χ1n) is 3.12. The van der Waals surface area contributed by atoms with Gasteiger partial charge < -0.3 is 0 Å². The fraction of sp³-hybridized carbons (Fsp3) is 0. The molecule has 2 aromatic heterocycles. The Labute approximate surface area is 70.7 Å². The number of hydrogen-bond donors (Lipinski definition) is 0. The summed E-state index contributed by atoms with van der Waals surface area (Å²) in [4.78, 5) is 8.14. The van der Waals surface area contributed by atoms with Crippen molar-refractivity contribution in [1.29, 1.82) is 0 Å². The van der Waals surface area contributed by atoms with Crippen molar-refractivity contribution >= 4 is 23.4 Å². The molecular formula is C8H7ClN2. The summed E-state index contributed by atoms with van der Waals surface area (Å²) in [6.45, 7) is 0. The lowest BCUT2D eigenvalue weighted by molar-refractivity contribution is 1.29. The van der Waals surface area contributed by atoms with Crippen LogP contribution >= 0.6 is 12.4 Å². The van der Waals surface area contributed by atoms with Crippen molar-refractivity contribution < 1.29 is 0 Å². The predicted octanol–water partition coefficient (Wildman–Crippen LogP) is 2.05. The lowest BCUT2D eigenvalue weighted by atomic mass is 10.3. The second kappa shape index (κ2) is 3.30. The normalized spacial score (nSPS) is 9.09. The molecule has 0 saturated heterocycles. The van der Waals surface area contributed by atoms with Crippen LogP contribution in [0.15, 0.2) is 36.7 Å². The second-order valence-corrected chi connectivity index (χ2v) is 2.05. The molecule has 0 spiro atoms. The van der Waals surface area contributed by atoms with Gasteiger partial charge in [-0.1, -0.05) is 0 Å². The molecule has 0 radical (unpaired) electrons. The van der Waals surface area contributed by atoms with Crippen LogP contribution in [0.2, 0.25) is 0 Å². The van der Waals surface area contributed by atoms with E-state index in [2.05, 4.69) is 9.97 Å². The van der Waals surface area contributed by atoms with Crippen molar-refractivity contribution in [3.8, 4) is 0 Å². The van der Waals surface area contributed by atoms with Gasteiger partial charge in [-0.3, -0.25) is 0 Å². The summed E-state index contributed by atoms with van der Waals surface area (Å²) in [5, 5.41) is 1.09. The molecule has 2 aromatic rings. The number of rotatable bonds is 0. The maximum Gasteiger partial charge on any atom is 0.159 e. The van der Waals surface area contributed by atoms with Gasteiger partial charge in [-0.25, -0.2) is 9.97 Å². The zero-order valence-corrected chi connectivity index (χ0v) is 6.58. The Morgan fingerprint density at radius 3 is 1.91 bits per heavy atom. The summed E-state index contributed by atoms with van der Waals surface area (Å²) in [5.41, 5.74) is 0.810. The maximum absolute atomic E-state index is 4.07. The molecule has 2 rings (SSSR count). The first-order valence-corrected chi connectivity index (χ1v) is 3.12. The van der Waals surface area contributed by atoms with E-state index in [4.69, 9.17) is 0 Å². The second-order valence-electron chi connectivity index (χ2n) is 2.05. The van der Waals surface area contributed by atoms with Crippen LogP contribution in [0.1, 0.15) is 0 Å². The van der Waals surface area contributed by atoms with Crippen molar-refractivity contribution in [2.45, 2.75) is 0 Å². The molecule has 0 aliphatic carbocycles. The summed E-state index contributed by atoms with van der Waals surface area (Å²) in [5.74, 6) is 0. The number of hydrogen-bond acceptors (Lipinski definition) is 2. The standard InChI is InChI=1S/C8H6N2.ClH/c1-3-7-4-2-6-10-8(7)9-5-1;/h1-6H;1H. The minimum Gasteiger partial charge on any atom is -0.237 e. The number of nitrogens with zero attached hydrogens (tertiary/aromatic N) is 2. The van der Waals surface area contributed by atoms with Gasteiger partial charge in [0.15, 0.2) is 5.65 Å². The molecule has 2 nitrogen and oxygen atoms in total. The zero-order valence-electron chi connectivity index (χ0n) is 5.77. The third-order valence-electron chi connectivity index (χ3n) is 1.38. The average Bonchev–Trinajstić information content (AvgIpc) is 2.05. The van der Waals surface area contributed by atoms with Crippen LogP contribution in [0.25, 0.3) is 11.0 Å². The van der Waals surface area contributed by atoms with Gasteiger partial charge in [-0.05, 0) is 24.3 Å². The topological polar surface area (TPSA) is 25.8 Å². The van der Waals surface area contributed by atoms with Crippen LogP contribution < -0.4 is 0 Å². The molecule has 0 aromatic carbocycles. The van der Waals surface area contributed by atoms with Crippen molar-refractivity contribution in [3.63, 3.8) is 0 Å². The van der Waals surface area contributed by atoms with Crippen molar-refractivity contribution in [3.05, 3.63) is 36.7 Å². The van der Waals surface area contributed by atoms with E-state index in [1.165, 1.54) is 0 Å². The van der Waals surface area contributed by atoms with Gasteiger partial charge in [0.05, 0.1) is 0 Å². The Kier molecular flexibility index (Phi) is 2.39. The Morgan fingerprint density at radius 1 is 0.909 bits per heavy atom. The first-order chi connectivity index (χ1) is 4.97. The molecule has 0 atom stereocenters. The van der Waals surface area contributed by atoms with Gasteiger partial charge in [-0.2, -0.15) is 0 Å². The predicted molar refractivity (Wildman–Crippen MR) is 46.8 cm³/mol. The van der Waals surface area contributed by atoms with Crippen LogP contribution in [-0.2, 0) is 0 Å². The molecule has 0 amide bonds. The van der Waals surface area contributed by atoms with Crippen LogP contribution in [-0.4, -0.2) is 9.97 Å². The van der Waals surface area contributed by atoms with Crippen LogP contribution in [0.4, 0.5) is 0 Å². The van der Waals surface area contributed by atoms with E-state index in [-0.39, 0.29) is 12.4 Å². The third kappa shape index (κ3) is 1.46. The largest absolute Gasteiger partial charge is 0.237 e. The Balaban J connectivity index is 0.000000605. The van der Waals surface area contributed by atoms with Gasteiger partial charge >= 0.3 is 0 Å². The Morgan fingerprint density at radius 2 is 1.45 bits per heavy atom. The number of pyridine rings is 2. The molecule has 2 heterocycles. The monoisotopic (exact) mass is 166 g/mol. The molecule has 0 fully saturated rings. The molecule has 0 aliphatic rings. The lowest BCUT2D eigenvalue weighted by Gasteiger charge is -1.90. The van der Waals surface area contributed by atoms with Gasteiger partial charge in [0.25, 0.3) is 0 Å². The average molecular weight is 167 g/mol. The van der Waals surface area contributed by atoms with E-state index >= 15 is 0 Å². The highest BCUT2D eigenvalue weighted by Crippen LogP contribution is 2.04. The van der Waals surface area contributed by atoms with E-state index in [9.17, 15) is 0 Å². The first kappa shape index (κ1) is 7.95. The molecule has 0 saturated carbocycles. The molecule has 0 unspecified atom stereocenters. The van der Waals surface area contributed by atoms with E-state index in [1.807, 2.05) is 24.3 Å². The van der Waals surface area contributed by atoms with Crippen LogP contribution in [0, 0.1) is 0 Å². The van der Waals surface area contributed by atoms with E-state index in [1.54, 1.807) is 12.4 Å². The van der Waals surface area contributed by atoms with Crippen molar-refractivity contribution in [2.24, 2.45) is 0 Å². The molecule has 0 N–H and O–H groups in total. The fourth-order valence-corrected chi connectivity index (χ4v) is 0.908. The van der Waals surface area contributed by atoms with Crippen molar-refractivity contribution in [2.75, 3.05) is 0 Å². The summed E-state index contributed by atoms with van der Waals surface area (Å²) >= 11 is 0. The summed E-state index contributed by atoms with van der Waals surface area (Å²) < 4.78 is 0. The van der Waals surface area contributed by atoms with E-state index < -0.39 is 0 Å². The van der Waals surface area contributed by atoms with E-state index in [0.717, 1.165) is 11.0 Å². The molecule has 11 heavy (non-hydrogen) atoms. The van der Waals surface area contributed by atoms with Gasteiger partial charge in [-0.15, -0.1) is 12.4 Å². The lowest BCUT2D eigenvalue weighted by Crippen LogP contribution is -1.78. The third-order valence-corrected chi connectivity index (χ3v) is 1.38. The molecule has 3 heteroatoms. The maximum atomic E-state index is 4.07. The fourth-order valence-electron chi connectivity index (χ4n) is 0.908. The summed E-state index contributed by atoms with van der Waals surface area (Å²) in [6.07, 6.45) is 3.49. The highest BCUT2D eigenvalue weighted by molar-refractivity contribution is 5.85. The minimum atomic E-state index is 0. The SMILES string of the molecule is Cl.c1cnc2ncccc2c1. The number of fused-ring (bicyclic) bond motifs is 1. The van der Waals surface area contributed by atoms with Gasteiger partial charge in [0, 0.05) is 17.8 Å². The number of halogens is 1. The van der Waals surface area contributed by atoms with Gasteiger partial charge in [0.1, 0.15) is 0 Å². The zero-order chi connectivity index (χ0) is 6.81. The highest BCUT2D eigenvalue weighted by atomic mass is 35.5. The van der Waals surface area contributed by atoms with Gasteiger partial charge in [0.2, 0.25) is 0 Å². The molecule has 0 aliphatic heterocycles. The van der Waals surface area contributed by atoms with E-state index in [0.29, 0.717) is 0 Å². The van der Waals surface area contributed by atoms with Crippen LogP contribution in [0.5, 0.6) is 0 Å².